The Morgan fingerprint density at radius 2 is 1.89 bits per heavy atom. The fourth-order valence-corrected chi connectivity index (χ4v) is 2.62. The van der Waals surface area contributed by atoms with Gasteiger partial charge in [0, 0.05) is 18.3 Å². The Bertz CT molecular complexity index is 973. The Balaban J connectivity index is 1.78. The molecule has 3 rings (SSSR count). The zero-order chi connectivity index (χ0) is 19.6. The summed E-state index contributed by atoms with van der Waals surface area (Å²) in [5, 5.41) is 0. The molecule has 0 bridgehead atoms. The molecule has 1 aromatic carbocycles. The minimum Gasteiger partial charge on any atom is -0.382 e. The van der Waals surface area contributed by atoms with E-state index < -0.39 is 6.04 Å². The first-order valence-electron chi connectivity index (χ1n) is 8.34. The first-order valence-corrected chi connectivity index (χ1v) is 8.34. The largest absolute Gasteiger partial charge is 0.382 e. The second kappa shape index (κ2) is 7.50. The molecule has 2 heterocycles. The Labute approximate surface area is 156 Å². The van der Waals surface area contributed by atoms with Crippen LogP contribution in [0.15, 0.2) is 30.5 Å². The summed E-state index contributed by atoms with van der Waals surface area (Å²) in [5.74, 6) is 0.150. The van der Waals surface area contributed by atoms with E-state index in [9.17, 15) is 4.79 Å². The third-order valence-electron chi connectivity index (χ3n) is 4.15. The number of rotatable bonds is 6. The molecular weight excluding hydrogens is 344 g/mol. The molecule has 2 aromatic heterocycles. The molecule has 6 N–H and O–H groups in total. The van der Waals surface area contributed by atoms with Gasteiger partial charge in [-0.05, 0) is 30.7 Å². The smallest absolute Gasteiger partial charge is 0.224 e. The zero-order valence-electron chi connectivity index (χ0n) is 15.1. The van der Waals surface area contributed by atoms with E-state index in [1.807, 2.05) is 24.1 Å². The normalized spacial score (nSPS) is 12.1. The van der Waals surface area contributed by atoms with Crippen molar-refractivity contribution in [2.75, 3.05) is 23.4 Å². The molecule has 0 aliphatic carbocycles. The summed E-state index contributed by atoms with van der Waals surface area (Å²) in [7, 11) is 1.91. The van der Waals surface area contributed by atoms with Crippen LogP contribution in [0.5, 0.6) is 0 Å². The summed E-state index contributed by atoms with van der Waals surface area (Å²) in [5.41, 5.74) is 20.2. The van der Waals surface area contributed by atoms with Gasteiger partial charge in [-0.3, -0.25) is 4.79 Å². The Morgan fingerprint density at radius 1 is 1.19 bits per heavy atom. The Kier molecular flexibility index (Phi) is 5.13. The van der Waals surface area contributed by atoms with Crippen LogP contribution < -0.4 is 22.1 Å². The molecule has 1 unspecified atom stereocenters. The van der Waals surface area contributed by atoms with Crippen LogP contribution in [-0.2, 0) is 6.54 Å². The van der Waals surface area contributed by atoms with Gasteiger partial charge in [0.25, 0.3) is 0 Å². The molecule has 0 saturated heterocycles. The lowest BCUT2D eigenvalue weighted by Crippen LogP contribution is -2.30. The highest BCUT2D eigenvalue weighted by atomic mass is 16.1. The lowest BCUT2D eigenvalue weighted by Gasteiger charge is -2.19. The number of hydrogen-bond acceptors (Lipinski definition) is 9. The lowest BCUT2D eigenvalue weighted by molar-refractivity contribution is 0.0973. The van der Waals surface area contributed by atoms with Crippen molar-refractivity contribution in [2.45, 2.75) is 19.5 Å². The number of ketones is 1. The fourth-order valence-electron chi connectivity index (χ4n) is 2.62. The van der Waals surface area contributed by atoms with Crippen molar-refractivity contribution in [1.82, 2.24) is 19.9 Å². The number of hydrogen-bond donors (Lipinski definition) is 3. The van der Waals surface area contributed by atoms with E-state index in [4.69, 9.17) is 17.2 Å². The van der Waals surface area contributed by atoms with Gasteiger partial charge in [0.1, 0.15) is 0 Å². The van der Waals surface area contributed by atoms with E-state index in [0.29, 0.717) is 29.0 Å². The minimum absolute atomic E-state index is 0.0641. The molecule has 0 aliphatic heterocycles. The van der Waals surface area contributed by atoms with Gasteiger partial charge in [-0.25, -0.2) is 9.97 Å². The number of nitrogens with zero attached hydrogens (tertiary/aromatic N) is 5. The number of fused-ring (bicyclic) bond motifs is 1. The van der Waals surface area contributed by atoms with Crippen molar-refractivity contribution in [3.63, 3.8) is 0 Å². The number of nitrogen functional groups attached to an aromatic ring is 2. The molecule has 0 fully saturated rings. The van der Waals surface area contributed by atoms with Gasteiger partial charge in [-0.1, -0.05) is 6.92 Å². The van der Waals surface area contributed by atoms with Crippen LogP contribution in [0.1, 0.15) is 23.0 Å². The zero-order valence-corrected chi connectivity index (χ0v) is 15.1. The quantitative estimate of drug-likeness (QED) is 0.542. The van der Waals surface area contributed by atoms with Crippen molar-refractivity contribution in [3.05, 3.63) is 48.1 Å². The van der Waals surface area contributed by atoms with Gasteiger partial charge in [-0.2, -0.15) is 9.97 Å². The highest BCUT2D eigenvalue weighted by Crippen LogP contribution is 2.19. The Hall–Kier alpha value is -3.33. The van der Waals surface area contributed by atoms with Gasteiger partial charge in [0.05, 0.1) is 24.5 Å². The lowest BCUT2D eigenvalue weighted by atomic mass is 10.0. The predicted octanol–water partition coefficient (Wildman–Crippen LogP) is 0.955. The van der Waals surface area contributed by atoms with Crippen molar-refractivity contribution >= 4 is 34.4 Å². The Morgan fingerprint density at radius 3 is 2.56 bits per heavy atom. The molecule has 0 spiro atoms. The monoisotopic (exact) mass is 365 g/mol. The average molecular weight is 365 g/mol. The van der Waals surface area contributed by atoms with E-state index >= 15 is 0 Å². The summed E-state index contributed by atoms with van der Waals surface area (Å²) >= 11 is 0. The fraction of sp³-hybridized carbons (Fsp3) is 0.222. The number of aromatic nitrogens is 4. The maximum absolute atomic E-state index is 12.1. The predicted molar refractivity (Wildman–Crippen MR) is 105 cm³/mol. The number of carbonyl (C=O) groups is 1. The molecule has 1 atom stereocenters. The van der Waals surface area contributed by atoms with Crippen LogP contribution >= 0.6 is 0 Å². The van der Waals surface area contributed by atoms with E-state index in [-0.39, 0.29) is 17.5 Å². The summed E-state index contributed by atoms with van der Waals surface area (Å²) < 4.78 is 0. The molecule has 0 saturated carbocycles. The van der Waals surface area contributed by atoms with Crippen LogP contribution in [0.3, 0.4) is 0 Å². The van der Waals surface area contributed by atoms with Crippen molar-refractivity contribution in [3.8, 4) is 0 Å². The maximum Gasteiger partial charge on any atom is 0.224 e. The SMILES string of the molecule is C[CH]C(N)C(=O)c1ccc(N(C)Cc2cnc3nc(N)nc(N)c3n2)cc1. The van der Waals surface area contributed by atoms with Crippen LogP contribution in [0.2, 0.25) is 0 Å². The van der Waals surface area contributed by atoms with Crippen molar-refractivity contribution in [2.24, 2.45) is 5.73 Å². The van der Waals surface area contributed by atoms with Gasteiger partial charge in [-0.15, -0.1) is 0 Å². The first-order chi connectivity index (χ1) is 12.9. The third-order valence-corrected chi connectivity index (χ3v) is 4.15. The molecule has 1 radical (unpaired) electrons. The van der Waals surface area contributed by atoms with Crippen molar-refractivity contribution < 1.29 is 4.79 Å². The molecule has 27 heavy (non-hydrogen) atoms. The van der Waals surface area contributed by atoms with Gasteiger partial charge in [0.2, 0.25) is 5.95 Å². The summed E-state index contributed by atoms with van der Waals surface area (Å²) in [6, 6.07) is 6.66. The summed E-state index contributed by atoms with van der Waals surface area (Å²) in [6.07, 6.45) is 3.29. The average Bonchev–Trinajstić information content (AvgIpc) is 2.67. The van der Waals surface area contributed by atoms with Crippen LogP contribution in [0, 0.1) is 6.42 Å². The van der Waals surface area contributed by atoms with E-state index in [1.165, 1.54) is 0 Å². The van der Waals surface area contributed by atoms with Crippen LogP contribution in [-0.4, -0.2) is 38.8 Å². The summed E-state index contributed by atoms with van der Waals surface area (Å²) in [6.45, 7) is 2.25. The van der Waals surface area contributed by atoms with E-state index in [2.05, 4.69) is 19.9 Å². The number of nitrogens with two attached hydrogens (primary N) is 3. The second-order valence-corrected chi connectivity index (χ2v) is 6.13. The van der Waals surface area contributed by atoms with Gasteiger partial charge < -0.3 is 22.1 Å². The van der Waals surface area contributed by atoms with Gasteiger partial charge >= 0.3 is 0 Å². The van der Waals surface area contributed by atoms with E-state index in [1.54, 1.807) is 31.7 Å². The van der Waals surface area contributed by atoms with E-state index in [0.717, 1.165) is 5.69 Å². The molecule has 3 aromatic rings. The molecule has 9 heteroatoms. The van der Waals surface area contributed by atoms with Gasteiger partial charge in [0.15, 0.2) is 22.8 Å². The molecule has 9 nitrogen and oxygen atoms in total. The summed E-state index contributed by atoms with van der Waals surface area (Å²) in [4.78, 5) is 30.7. The number of benzene rings is 1. The molecule has 139 valence electrons. The molecular formula is C18H21N8O. The maximum atomic E-state index is 12.1. The topological polar surface area (TPSA) is 150 Å². The minimum atomic E-state index is -0.594. The second-order valence-electron chi connectivity index (χ2n) is 6.13. The van der Waals surface area contributed by atoms with Crippen molar-refractivity contribution in [1.29, 1.82) is 0 Å². The molecule has 0 aliphatic rings. The van der Waals surface area contributed by atoms with Crippen LogP contribution in [0.4, 0.5) is 17.5 Å². The highest BCUT2D eigenvalue weighted by Gasteiger charge is 2.14. The number of Topliss-reactive ketones (excluding diaryl/α,β-unsaturated/α-hetero) is 1. The number of carbonyl (C=O) groups excluding carboxylic acids is 1. The first kappa shape index (κ1) is 18.5. The standard InChI is InChI=1S/C18H21N8O/c1-3-13(19)15(27)10-4-6-12(7-5-10)26(2)9-11-8-22-17-14(23-11)16(20)24-18(21)25-17/h3-8,13H,9,19H2,1-2H3,(H4,20,21,22,24,25). The van der Waals surface area contributed by atoms with Crippen LogP contribution in [0.25, 0.3) is 11.2 Å². The highest BCUT2D eigenvalue weighted by molar-refractivity contribution is 6.01. The third kappa shape index (κ3) is 3.93. The number of anilines is 3. The molecule has 0 amide bonds.